The SMILES string of the molecule is CCN1CCC(NC(=O)c2n[nH]c3ccc(N)cc23)CC1. The number of nitrogens with two attached hydrogens (primary N) is 1. The first-order valence-electron chi connectivity index (χ1n) is 7.44. The molecule has 0 atom stereocenters. The van der Waals surface area contributed by atoms with Crippen LogP contribution >= 0.6 is 0 Å². The highest BCUT2D eigenvalue weighted by molar-refractivity contribution is 6.05. The van der Waals surface area contributed by atoms with E-state index in [0.717, 1.165) is 43.4 Å². The monoisotopic (exact) mass is 287 g/mol. The molecule has 1 aromatic carbocycles. The van der Waals surface area contributed by atoms with Crippen LogP contribution in [0.25, 0.3) is 10.9 Å². The first kappa shape index (κ1) is 13.9. The minimum atomic E-state index is -0.123. The molecule has 0 unspecified atom stereocenters. The quantitative estimate of drug-likeness (QED) is 0.744. The number of carbonyl (C=O) groups excluding carboxylic acids is 1. The molecule has 6 heteroatoms. The highest BCUT2D eigenvalue weighted by Crippen LogP contribution is 2.19. The second-order valence-electron chi connectivity index (χ2n) is 5.56. The number of nitrogens with one attached hydrogen (secondary N) is 2. The maximum Gasteiger partial charge on any atom is 0.272 e. The molecule has 0 bridgehead atoms. The van der Waals surface area contributed by atoms with Crippen LogP contribution in [0, 0.1) is 0 Å². The van der Waals surface area contributed by atoms with Crippen LogP contribution in [0.5, 0.6) is 0 Å². The standard InChI is InChI=1S/C15H21N5O/c1-2-20-7-5-11(6-8-20)17-15(21)14-12-9-10(16)3-4-13(12)18-19-14/h3-4,9,11H,2,5-8,16H2,1H3,(H,17,21)(H,18,19). The van der Waals surface area contributed by atoms with Crippen LogP contribution in [0.2, 0.25) is 0 Å². The molecule has 0 spiro atoms. The fourth-order valence-corrected chi connectivity index (χ4v) is 2.85. The third kappa shape index (κ3) is 2.85. The van der Waals surface area contributed by atoms with Crippen molar-refractivity contribution in [3.8, 4) is 0 Å². The Morgan fingerprint density at radius 1 is 1.48 bits per heavy atom. The molecule has 0 saturated carbocycles. The van der Waals surface area contributed by atoms with Gasteiger partial charge in [-0.3, -0.25) is 9.89 Å². The average molecular weight is 287 g/mol. The lowest BCUT2D eigenvalue weighted by Gasteiger charge is -2.31. The summed E-state index contributed by atoms with van der Waals surface area (Å²) < 4.78 is 0. The fraction of sp³-hybridized carbons (Fsp3) is 0.467. The first-order valence-corrected chi connectivity index (χ1v) is 7.44. The van der Waals surface area contributed by atoms with E-state index in [-0.39, 0.29) is 11.9 Å². The van der Waals surface area contributed by atoms with E-state index < -0.39 is 0 Å². The minimum Gasteiger partial charge on any atom is -0.399 e. The Balaban J connectivity index is 1.71. The molecule has 2 heterocycles. The van der Waals surface area contributed by atoms with Crippen molar-refractivity contribution in [1.82, 2.24) is 20.4 Å². The number of fused-ring (bicyclic) bond motifs is 1. The van der Waals surface area contributed by atoms with Crippen molar-refractivity contribution in [3.63, 3.8) is 0 Å². The van der Waals surface area contributed by atoms with E-state index in [0.29, 0.717) is 11.4 Å². The molecule has 0 aliphatic carbocycles. The summed E-state index contributed by atoms with van der Waals surface area (Å²) >= 11 is 0. The van der Waals surface area contributed by atoms with Gasteiger partial charge in [0.15, 0.2) is 5.69 Å². The van der Waals surface area contributed by atoms with E-state index in [1.54, 1.807) is 12.1 Å². The van der Waals surface area contributed by atoms with E-state index >= 15 is 0 Å². The van der Waals surface area contributed by atoms with Crippen LogP contribution in [0.3, 0.4) is 0 Å². The number of aromatic amines is 1. The van der Waals surface area contributed by atoms with E-state index in [4.69, 9.17) is 5.73 Å². The molecule has 6 nitrogen and oxygen atoms in total. The fourth-order valence-electron chi connectivity index (χ4n) is 2.85. The van der Waals surface area contributed by atoms with Crippen LogP contribution < -0.4 is 11.1 Å². The van der Waals surface area contributed by atoms with Crippen LogP contribution in [0.4, 0.5) is 5.69 Å². The third-order valence-corrected chi connectivity index (χ3v) is 4.17. The van der Waals surface area contributed by atoms with Crippen LogP contribution in [-0.4, -0.2) is 46.7 Å². The predicted octanol–water partition coefficient (Wildman–Crippen LogP) is 1.36. The number of anilines is 1. The number of rotatable bonds is 3. The van der Waals surface area contributed by atoms with Gasteiger partial charge >= 0.3 is 0 Å². The summed E-state index contributed by atoms with van der Waals surface area (Å²) in [6, 6.07) is 5.65. The van der Waals surface area contributed by atoms with Crippen molar-refractivity contribution in [1.29, 1.82) is 0 Å². The van der Waals surface area contributed by atoms with E-state index in [9.17, 15) is 4.79 Å². The molecule has 0 radical (unpaired) electrons. The molecule has 21 heavy (non-hydrogen) atoms. The topological polar surface area (TPSA) is 87.0 Å². The molecule has 3 rings (SSSR count). The highest BCUT2D eigenvalue weighted by atomic mass is 16.2. The zero-order chi connectivity index (χ0) is 14.8. The molecule has 1 amide bonds. The molecule has 112 valence electrons. The van der Waals surface area contributed by atoms with Gasteiger partial charge in [0.2, 0.25) is 0 Å². The summed E-state index contributed by atoms with van der Waals surface area (Å²) in [6.45, 7) is 5.31. The van der Waals surface area contributed by atoms with Gasteiger partial charge in [0.1, 0.15) is 0 Å². The van der Waals surface area contributed by atoms with Crippen molar-refractivity contribution in [3.05, 3.63) is 23.9 Å². The van der Waals surface area contributed by atoms with Gasteiger partial charge in [0, 0.05) is 30.2 Å². The van der Waals surface area contributed by atoms with Crippen molar-refractivity contribution >= 4 is 22.5 Å². The smallest absolute Gasteiger partial charge is 0.272 e. The van der Waals surface area contributed by atoms with Gasteiger partial charge in [0.25, 0.3) is 5.91 Å². The summed E-state index contributed by atoms with van der Waals surface area (Å²) in [7, 11) is 0. The molecule has 1 aromatic heterocycles. The second-order valence-corrected chi connectivity index (χ2v) is 5.56. The summed E-state index contributed by atoms with van der Waals surface area (Å²) in [6.07, 6.45) is 1.98. The predicted molar refractivity (Wildman–Crippen MR) is 83.1 cm³/mol. The second kappa shape index (κ2) is 5.73. The molecule has 1 saturated heterocycles. The Hall–Kier alpha value is -2.08. The Labute approximate surface area is 123 Å². The minimum absolute atomic E-state index is 0.123. The lowest BCUT2D eigenvalue weighted by molar-refractivity contribution is 0.0909. The lowest BCUT2D eigenvalue weighted by Crippen LogP contribution is -2.44. The third-order valence-electron chi connectivity index (χ3n) is 4.17. The number of nitrogen functional groups attached to an aromatic ring is 1. The van der Waals surface area contributed by atoms with Crippen molar-refractivity contribution in [2.75, 3.05) is 25.4 Å². The van der Waals surface area contributed by atoms with Crippen molar-refractivity contribution in [2.24, 2.45) is 0 Å². The van der Waals surface area contributed by atoms with E-state index in [2.05, 4.69) is 27.3 Å². The Morgan fingerprint density at radius 3 is 2.95 bits per heavy atom. The lowest BCUT2D eigenvalue weighted by atomic mass is 10.0. The number of aromatic nitrogens is 2. The normalized spacial score (nSPS) is 17.2. The number of carbonyl (C=O) groups is 1. The summed E-state index contributed by atoms with van der Waals surface area (Å²) in [5.74, 6) is -0.123. The molecule has 1 aliphatic heterocycles. The maximum absolute atomic E-state index is 12.4. The zero-order valence-corrected chi connectivity index (χ0v) is 12.2. The Bertz CT molecular complexity index is 643. The van der Waals surface area contributed by atoms with Gasteiger partial charge in [-0.1, -0.05) is 6.92 Å². The van der Waals surface area contributed by atoms with Gasteiger partial charge < -0.3 is 16.0 Å². The largest absolute Gasteiger partial charge is 0.399 e. The van der Waals surface area contributed by atoms with Crippen LogP contribution in [0.15, 0.2) is 18.2 Å². The van der Waals surface area contributed by atoms with Gasteiger partial charge in [-0.2, -0.15) is 5.10 Å². The van der Waals surface area contributed by atoms with Gasteiger partial charge in [-0.25, -0.2) is 0 Å². The summed E-state index contributed by atoms with van der Waals surface area (Å²) in [5, 5.41) is 10.9. The maximum atomic E-state index is 12.4. The number of nitrogens with zero attached hydrogens (tertiary/aromatic N) is 2. The van der Waals surface area contributed by atoms with Crippen LogP contribution in [-0.2, 0) is 0 Å². The summed E-state index contributed by atoms with van der Waals surface area (Å²) in [4.78, 5) is 14.8. The highest BCUT2D eigenvalue weighted by Gasteiger charge is 2.22. The number of likely N-dealkylation sites (tertiary alicyclic amines) is 1. The molecule has 1 fully saturated rings. The van der Waals surface area contributed by atoms with Crippen molar-refractivity contribution < 1.29 is 4.79 Å². The van der Waals surface area contributed by atoms with Gasteiger partial charge in [-0.15, -0.1) is 0 Å². The molecule has 1 aliphatic rings. The molecular formula is C15H21N5O. The summed E-state index contributed by atoms with van der Waals surface area (Å²) in [5.41, 5.74) is 7.68. The molecular weight excluding hydrogens is 266 g/mol. The van der Waals surface area contributed by atoms with Gasteiger partial charge in [-0.05, 0) is 37.6 Å². The number of hydrogen-bond acceptors (Lipinski definition) is 4. The van der Waals surface area contributed by atoms with Crippen LogP contribution in [0.1, 0.15) is 30.3 Å². The van der Waals surface area contributed by atoms with Gasteiger partial charge in [0.05, 0.1) is 5.52 Å². The number of hydrogen-bond donors (Lipinski definition) is 3. The Morgan fingerprint density at radius 2 is 2.24 bits per heavy atom. The first-order chi connectivity index (χ1) is 10.2. The zero-order valence-electron chi connectivity index (χ0n) is 12.2. The number of amides is 1. The number of piperidine rings is 1. The Kier molecular flexibility index (Phi) is 3.79. The van der Waals surface area contributed by atoms with Crippen molar-refractivity contribution in [2.45, 2.75) is 25.8 Å². The average Bonchev–Trinajstić information content (AvgIpc) is 2.91. The number of benzene rings is 1. The van der Waals surface area contributed by atoms with E-state index in [1.807, 2.05) is 6.07 Å². The van der Waals surface area contributed by atoms with E-state index in [1.165, 1.54) is 0 Å². The number of H-pyrrole nitrogens is 1. The molecule has 2 aromatic rings. The molecule has 4 N–H and O–H groups in total.